The van der Waals surface area contributed by atoms with Crippen LogP contribution in [-0.2, 0) is 0 Å². The molecule has 3 N–H and O–H groups in total. The van der Waals surface area contributed by atoms with Crippen LogP contribution in [0.1, 0.15) is 31.0 Å². The van der Waals surface area contributed by atoms with E-state index in [1.54, 1.807) is 0 Å². The smallest absolute Gasteiger partial charge is 0.120 e. The monoisotopic (exact) mass is 334 g/mol. The van der Waals surface area contributed by atoms with E-state index in [2.05, 4.69) is 27.4 Å². The Morgan fingerprint density at radius 1 is 1.05 bits per heavy atom. The Morgan fingerprint density at radius 2 is 1.70 bits per heavy atom. The van der Waals surface area contributed by atoms with Crippen LogP contribution < -0.4 is 16.0 Å². The fraction of sp³-hybridized carbons (Fsp3) is 0.250. The molecule has 0 spiro atoms. The largest absolute Gasteiger partial charge is 0.491 e. The summed E-state index contributed by atoms with van der Waals surface area (Å²) in [7, 11) is 0. The van der Waals surface area contributed by atoms with Gasteiger partial charge in [-0.15, -0.1) is 0 Å². The van der Waals surface area contributed by atoms with E-state index in [0.717, 1.165) is 21.3 Å². The quantitative estimate of drug-likeness (QED) is 0.646. The van der Waals surface area contributed by atoms with Crippen LogP contribution in [0.15, 0.2) is 53.0 Å². The molecule has 106 valence electrons. The lowest BCUT2D eigenvalue weighted by Crippen LogP contribution is -2.28. The fourth-order valence-corrected chi connectivity index (χ4v) is 2.53. The van der Waals surface area contributed by atoms with E-state index < -0.39 is 0 Å². The maximum Gasteiger partial charge on any atom is 0.120 e. The molecule has 0 fully saturated rings. The first-order chi connectivity index (χ1) is 9.60. The summed E-state index contributed by atoms with van der Waals surface area (Å²) in [5, 5.41) is 0. The van der Waals surface area contributed by atoms with E-state index in [4.69, 9.17) is 10.6 Å². The van der Waals surface area contributed by atoms with Crippen LogP contribution in [0.5, 0.6) is 5.75 Å². The molecule has 0 saturated heterocycles. The van der Waals surface area contributed by atoms with E-state index in [1.807, 2.05) is 56.3 Å². The first-order valence-corrected chi connectivity index (χ1v) is 7.37. The zero-order valence-electron chi connectivity index (χ0n) is 11.6. The summed E-state index contributed by atoms with van der Waals surface area (Å²) in [5.74, 6) is 6.59. The van der Waals surface area contributed by atoms with Gasteiger partial charge in [-0.05, 0) is 49.2 Å². The Bertz CT molecular complexity index is 572. The first kappa shape index (κ1) is 15.0. The molecule has 0 heterocycles. The van der Waals surface area contributed by atoms with Gasteiger partial charge in [-0.2, -0.15) is 0 Å². The summed E-state index contributed by atoms with van der Waals surface area (Å²) >= 11 is 3.49. The van der Waals surface area contributed by atoms with Gasteiger partial charge in [0.15, 0.2) is 0 Å². The van der Waals surface area contributed by atoms with E-state index in [9.17, 15) is 0 Å². The first-order valence-electron chi connectivity index (χ1n) is 6.58. The van der Waals surface area contributed by atoms with Crippen molar-refractivity contribution in [1.29, 1.82) is 0 Å². The summed E-state index contributed by atoms with van der Waals surface area (Å²) in [5.41, 5.74) is 5.04. The van der Waals surface area contributed by atoms with Gasteiger partial charge in [0.1, 0.15) is 5.75 Å². The van der Waals surface area contributed by atoms with Crippen LogP contribution in [-0.4, -0.2) is 6.10 Å². The molecule has 1 unspecified atom stereocenters. The Morgan fingerprint density at radius 3 is 2.30 bits per heavy atom. The molecular formula is C16H19BrN2O. The zero-order chi connectivity index (χ0) is 14.5. The van der Waals surface area contributed by atoms with Crippen molar-refractivity contribution in [2.75, 3.05) is 0 Å². The third-order valence-electron chi connectivity index (χ3n) is 2.91. The molecule has 0 bridgehead atoms. The van der Waals surface area contributed by atoms with E-state index in [-0.39, 0.29) is 12.1 Å². The third-order valence-corrected chi connectivity index (χ3v) is 3.41. The highest BCUT2D eigenvalue weighted by atomic mass is 79.9. The Labute approximate surface area is 128 Å². The number of rotatable bonds is 5. The average molecular weight is 335 g/mol. The molecular weight excluding hydrogens is 316 g/mol. The minimum atomic E-state index is -0.0665. The second kappa shape index (κ2) is 6.88. The van der Waals surface area contributed by atoms with Crippen molar-refractivity contribution in [3.8, 4) is 5.75 Å². The van der Waals surface area contributed by atoms with Gasteiger partial charge in [0.05, 0.1) is 12.1 Å². The molecule has 2 rings (SSSR count). The summed E-state index contributed by atoms with van der Waals surface area (Å²) < 4.78 is 6.76. The number of ether oxygens (including phenoxy) is 1. The molecule has 0 aromatic heterocycles. The second-order valence-corrected chi connectivity index (χ2v) is 5.81. The number of hydrogen-bond acceptors (Lipinski definition) is 3. The van der Waals surface area contributed by atoms with Crippen molar-refractivity contribution in [3.63, 3.8) is 0 Å². The molecule has 0 aliphatic carbocycles. The summed E-state index contributed by atoms with van der Waals surface area (Å²) in [6.45, 7) is 4.03. The van der Waals surface area contributed by atoms with Crippen LogP contribution in [0, 0.1) is 0 Å². The van der Waals surface area contributed by atoms with Crippen LogP contribution in [0.2, 0.25) is 0 Å². The van der Waals surface area contributed by atoms with Crippen molar-refractivity contribution >= 4 is 15.9 Å². The Balaban J connectivity index is 2.32. The molecule has 2 aromatic carbocycles. The normalized spacial score (nSPS) is 12.4. The highest BCUT2D eigenvalue weighted by Crippen LogP contribution is 2.26. The number of hydrogen-bond donors (Lipinski definition) is 2. The highest BCUT2D eigenvalue weighted by molar-refractivity contribution is 9.10. The van der Waals surface area contributed by atoms with Crippen molar-refractivity contribution < 1.29 is 4.74 Å². The topological polar surface area (TPSA) is 47.3 Å². The molecule has 0 aliphatic rings. The molecule has 0 aliphatic heterocycles. The number of benzene rings is 2. The standard InChI is InChI=1S/C16H19BrN2O/c1-11(2)20-15-8-4-6-13(10-15)16(19-18)12-5-3-7-14(17)9-12/h3-11,16,19H,18H2,1-2H3. The minimum Gasteiger partial charge on any atom is -0.491 e. The van der Waals surface area contributed by atoms with Crippen molar-refractivity contribution in [2.45, 2.75) is 26.0 Å². The predicted octanol–water partition coefficient (Wildman–Crippen LogP) is 3.79. The maximum absolute atomic E-state index is 5.73. The lowest BCUT2D eigenvalue weighted by Gasteiger charge is -2.19. The fourth-order valence-electron chi connectivity index (χ4n) is 2.11. The van der Waals surface area contributed by atoms with Gasteiger partial charge >= 0.3 is 0 Å². The zero-order valence-corrected chi connectivity index (χ0v) is 13.2. The number of hydrazine groups is 1. The van der Waals surface area contributed by atoms with E-state index in [1.165, 1.54) is 0 Å². The van der Waals surface area contributed by atoms with Gasteiger partial charge in [-0.25, -0.2) is 5.43 Å². The third kappa shape index (κ3) is 3.82. The van der Waals surface area contributed by atoms with Crippen molar-refractivity contribution in [1.82, 2.24) is 5.43 Å². The molecule has 0 radical (unpaired) electrons. The number of nitrogens with two attached hydrogens (primary N) is 1. The molecule has 20 heavy (non-hydrogen) atoms. The maximum atomic E-state index is 5.73. The molecule has 0 saturated carbocycles. The average Bonchev–Trinajstić information content (AvgIpc) is 2.39. The van der Waals surface area contributed by atoms with E-state index in [0.29, 0.717) is 0 Å². The lowest BCUT2D eigenvalue weighted by atomic mass is 9.99. The SMILES string of the molecule is CC(C)Oc1cccc(C(NN)c2cccc(Br)c2)c1. The van der Waals surface area contributed by atoms with Gasteiger partial charge in [0.2, 0.25) is 0 Å². The van der Waals surface area contributed by atoms with Gasteiger partial charge < -0.3 is 4.74 Å². The number of nitrogens with one attached hydrogen (secondary N) is 1. The molecule has 1 atom stereocenters. The summed E-state index contributed by atoms with van der Waals surface area (Å²) in [6.07, 6.45) is 0.153. The molecule has 2 aromatic rings. The minimum absolute atomic E-state index is 0.0665. The molecule has 0 amide bonds. The van der Waals surface area contributed by atoms with Gasteiger partial charge in [-0.3, -0.25) is 5.84 Å². The van der Waals surface area contributed by atoms with Gasteiger partial charge in [0.25, 0.3) is 0 Å². The summed E-state index contributed by atoms with van der Waals surface area (Å²) in [4.78, 5) is 0. The van der Waals surface area contributed by atoms with Crippen LogP contribution >= 0.6 is 15.9 Å². The van der Waals surface area contributed by atoms with Crippen LogP contribution in [0.3, 0.4) is 0 Å². The molecule has 4 heteroatoms. The van der Waals surface area contributed by atoms with Crippen LogP contribution in [0.4, 0.5) is 0 Å². The van der Waals surface area contributed by atoms with Crippen LogP contribution in [0.25, 0.3) is 0 Å². The Hall–Kier alpha value is -1.36. The second-order valence-electron chi connectivity index (χ2n) is 4.89. The highest BCUT2D eigenvalue weighted by Gasteiger charge is 2.13. The Kier molecular flexibility index (Phi) is 5.17. The lowest BCUT2D eigenvalue weighted by molar-refractivity contribution is 0.242. The van der Waals surface area contributed by atoms with Crippen molar-refractivity contribution in [2.24, 2.45) is 5.84 Å². The van der Waals surface area contributed by atoms with Crippen molar-refractivity contribution in [3.05, 3.63) is 64.1 Å². The molecule has 3 nitrogen and oxygen atoms in total. The predicted molar refractivity (Wildman–Crippen MR) is 85.5 cm³/mol. The van der Waals surface area contributed by atoms with Gasteiger partial charge in [0, 0.05) is 4.47 Å². The van der Waals surface area contributed by atoms with Gasteiger partial charge in [-0.1, -0.05) is 40.2 Å². The summed E-state index contributed by atoms with van der Waals surface area (Å²) in [6, 6.07) is 16.0. The number of halogens is 1. The van der Waals surface area contributed by atoms with E-state index >= 15 is 0 Å².